The lowest BCUT2D eigenvalue weighted by atomic mass is 9.96. The normalized spacial score (nSPS) is 21.4. The van der Waals surface area contributed by atoms with Gasteiger partial charge in [-0.25, -0.2) is 4.79 Å². The van der Waals surface area contributed by atoms with E-state index in [-0.39, 0.29) is 17.9 Å². The van der Waals surface area contributed by atoms with Crippen LogP contribution in [0.4, 0.5) is 10.5 Å². The highest BCUT2D eigenvalue weighted by Gasteiger charge is 2.32. The highest BCUT2D eigenvalue weighted by molar-refractivity contribution is 5.89. The molecule has 0 aromatic heterocycles. The molecule has 3 N–H and O–H groups in total. The number of hydrogen-bond acceptors (Lipinski definition) is 2. The Kier molecular flexibility index (Phi) is 4.61. The topological polar surface area (TPSA) is 78.4 Å². The molecule has 5 heteroatoms. The molecular weight excluding hydrogens is 256 g/mol. The summed E-state index contributed by atoms with van der Waals surface area (Å²) in [6.07, 6.45) is 2.49. The number of nitrogens with one attached hydrogen (secondary N) is 2. The number of carbonyl (C=O) groups is 2. The van der Waals surface area contributed by atoms with Crippen LogP contribution in [-0.2, 0) is 4.79 Å². The zero-order chi connectivity index (χ0) is 14.5. The molecular formula is C15H20N2O3. The largest absolute Gasteiger partial charge is 0.481 e. The van der Waals surface area contributed by atoms with E-state index in [0.717, 1.165) is 24.1 Å². The quantitative estimate of drug-likeness (QED) is 0.791. The molecule has 0 spiro atoms. The number of urea groups is 1. The minimum atomic E-state index is -0.756. The van der Waals surface area contributed by atoms with Crippen molar-refractivity contribution < 1.29 is 14.7 Å². The van der Waals surface area contributed by atoms with Gasteiger partial charge in [0.25, 0.3) is 0 Å². The molecule has 5 nitrogen and oxygen atoms in total. The first-order valence-corrected chi connectivity index (χ1v) is 6.90. The van der Waals surface area contributed by atoms with Crippen LogP contribution in [0.25, 0.3) is 0 Å². The number of amides is 2. The Morgan fingerprint density at radius 2 is 2.15 bits per heavy atom. The van der Waals surface area contributed by atoms with Crippen molar-refractivity contribution in [2.24, 2.45) is 11.8 Å². The van der Waals surface area contributed by atoms with Crippen LogP contribution in [0.15, 0.2) is 24.3 Å². The fraction of sp³-hybridized carbons (Fsp3) is 0.467. The van der Waals surface area contributed by atoms with Crippen molar-refractivity contribution in [2.45, 2.75) is 26.2 Å². The number of aliphatic carboxylic acids is 1. The lowest BCUT2D eigenvalue weighted by molar-refractivity contribution is -0.142. The summed E-state index contributed by atoms with van der Waals surface area (Å²) in [5.74, 6) is -1.04. The predicted octanol–water partition coefficient (Wildman–Crippen LogP) is 2.62. The van der Waals surface area contributed by atoms with E-state index in [1.807, 2.05) is 31.2 Å². The molecule has 20 heavy (non-hydrogen) atoms. The Morgan fingerprint density at radius 1 is 1.35 bits per heavy atom. The Morgan fingerprint density at radius 3 is 2.85 bits per heavy atom. The number of carboxylic acid groups (broad SMARTS) is 1. The van der Waals surface area contributed by atoms with Crippen LogP contribution in [0.2, 0.25) is 0 Å². The average Bonchev–Trinajstić information content (AvgIpc) is 2.85. The molecule has 1 fully saturated rings. The third kappa shape index (κ3) is 3.73. The van der Waals surface area contributed by atoms with E-state index >= 15 is 0 Å². The van der Waals surface area contributed by atoms with Crippen molar-refractivity contribution in [1.82, 2.24) is 5.32 Å². The third-order valence-corrected chi connectivity index (χ3v) is 3.78. The van der Waals surface area contributed by atoms with Crippen molar-refractivity contribution in [2.75, 3.05) is 11.9 Å². The lowest BCUT2D eigenvalue weighted by Gasteiger charge is -2.16. The number of hydrogen-bond donors (Lipinski definition) is 3. The smallest absolute Gasteiger partial charge is 0.319 e. The van der Waals surface area contributed by atoms with Crippen LogP contribution in [0.1, 0.15) is 24.8 Å². The van der Waals surface area contributed by atoms with Gasteiger partial charge in [0.15, 0.2) is 0 Å². The summed E-state index contributed by atoms with van der Waals surface area (Å²) in [6, 6.07) is 7.26. The minimum Gasteiger partial charge on any atom is -0.481 e. The number of rotatable bonds is 4. The van der Waals surface area contributed by atoms with Gasteiger partial charge in [-0.2, -0.15) is 0 Å². The van der Waals surface area contributed by atoms with Gasteiger partial charge in [-0.1, -0.05) is 18.6 Å². The zero-order valence-electron chi connectivity index (χ0n) is 11.6. The molecule has 108 valence electrons. The Labute approximate surface area is 118 Å². The summed E-state index contributed by atoms with van der Waals surface area (Å²) >= 11 is 0. The molecule has 2 rings (SSSR count). The molecule has 1 saturated carbocycles. The third-order valence-electron chi connectivity index (χ3n) is 3.78. The summed E-state index contributed by atoms with van der Waals surface area (Å²) in [4.78, 5) is 22.8. The Bertz CT molecular complexity index is 502. The maximum atomic E-state index is 11.8. The van der Waals surface area contributed by atoms with Gasteiger partial charge in [0.1, 0.15) is 0 Å². The maximum Gasteiger partial charge on any atom is 0.319 e. The van der Waals surface area contributed by atoms with Gasteiger partial charge in [0, 0.05) is 12.2 Å². The maximum absolute atomic E-state index is 11.8. The highest BCUT2D eigenvalue weighted by Crippen LogP contribution is 2.31. The molecule has 1 aliphatic carbocycles. The second-order valence-electron chi connectivity index (χ2n) is 5.34. The van der Waals surface area contributed by atoms with E-state index in [9.17, 15) is 9.59 Å². The number of carboxylic acids is 1. The van der Waals surface area contributed by atoms with Crippen LogP contribution < -0.4 is 10.6 Å². The molecule has 1 aliphatic rings. The van der Waals surface area contributed by atoms with Crippen molar-refractivity contribution >= 4 is 17.7 Å². The molecule has 2 unspecified atom stereocenters. The summed E-state index contributed by atoms with van der Waals surface area (Å²) in [6.45, 7) is 2.37. The van der Waals surface area contributed by atoms with Gasteiger partial charge in [-0.15, -0.1) is 0 Å². The predicted molar refractivity (Wildman–Crippen MR) is 76.7 cm³/mol. The number of benzene rings is 1. The number of carbonyl (C=O) groups excluding carboxylic acids is 1. The van der Waals surface area contributed by atoms with E-state index in [2.05, 4.69) is 10.6 Å². The van der Waals surface area contributed by atoms with Gasteiger partial charge < -0.3 is 15.7 Å². The van der Waals surface area contributed by atoms with Gasteiger partial charge in [0.05, 0.1) is 5.92 Å². The van der Waals surface area contributed by atoms with Crippen molar-refractivity contribution in [1.29, 1.82) is 0 Å². The fourth-order valence-corrected chi connectivity index (χ4v) is 2.73. The van der Waals surface area contributed by atoms with E-state index < -0.39 is 5.97 Å². The second-order valence-corrected chi connectivity index (χ2v) is 5.34. The minimum absolute atomic E-state index is 0.0377. The monoisotopic (exact) mass is 276 g/mol. The lowest BCUT2D eigenvalue weighted by Crippen LogP contribution is -2.35. The zero-order valence-corrected chi connectivity index (χ0v) is 11.6. The van der Waals surface area contributed by atoms with Crippen LogP contribution in [0.3, 0.4) is 0 Å². The molecule has 0 radical (unpaired) electrons. The Hall–Kier alpha value is -2.04. The molecule has 2 amide bonds. The van der Waals surface area contributed by atoms with E-state index in [0.29, 0.717) is 13.0 Å². The van der Waals surface area contributed by atoms with Crippen LogP contribution in [0, 0.1) is 18.8 Å². The van der Waals surface area contributed by atoms with Gasteiger partial charge in [-0.3, -0.25) is 4.79 Å². The summed E-state index contributed by atoms with van der Waals surface area (Å²) in [7, 11) is 0. The molecule has 0 aliphatic heterocycles. The van der Waals surface area contributed by atoms with Gasteiger partial charge >= 0.3 is 12.0 Å². The SMILES string of the molecule is Cc1cccc(NC(=O)NCC2CCCC2C(=O)O)c1. The Balaban J connectivity index is 1.82. The van der Waals surface area contributed by atoms with Crippen molar-refractivity contribution in [3.05, 3.63) is 29.8 Å². The van der Waals surface area contributed by atoms with Crippen molar-refractivity contribution in [3.63, 3.8) is 0 Å². The first-order chi connectivity index (χ1) is 9.56. The first kappa shape index (κ1) is 14.4. The molecule has 2 atom stereocenters. The first-order valence-electron chi connectivity index (χ1n) is 6.90. The fourth-order valence-electron chi connectivity index (χ4n) is 2.73. The second kappa shape index (κ2) is 6.41. The van der Waals surface area contributed by atoms with E-state index in [1.165, 1.54) is 0 Å². The number of anilines is 1. The molecule has 0 heterocycles. The van der Waals surface area contributed by atoms with Gasteiger partial charge in [0.2, 0.25) is 0 Å². The molecule has 1 aromatic carbocycles. The molecule has 0 saturated heterocycles. The average molecular weight is 276 g/mol. The number of aryl methyl sites for hydroxylation is 1. The van der Waals surface area contributed by atoms with E-state index in [1.54, 1.807) is 0 Å². The summed E-state index contributed by atoms with van der Waals surface area (Å²) in [5.41, 5.74) is 1.81. The standard InChI is InChI=1S/C15H20N2O3/c1-10-4-2-6-12(8-10)17-15(20)16-9-11-5-3-7-13(11)14(18)19/h2,4,6,8,11,13H,3,5,7,9H2,1H3,(H,18,19)(H2,16,17,20). The van der Waals surface area contributed by atoms with Crippen LogP contribution in [0.5, 0.6) is 0 Å². The van der Waals surface area contributed by atoms with Crippen molar-refractivity contribution in [3.8, 4) is 0 Å². The van der Waals surface area contributed by atoms with E-state index in [4.69, 9.17) is 5.11 Å². The highest BCUT2D eigenvalue weighted by atomic mass is 16.4. The van der Waals surface area contributed by atoms with Crippen LogP contribution in [-0.4, -0.2) is 23.7 Å². The summed E-state index contributed by atoms with van der Waals surface area (Å²) < 4.78 is 0. The molecule has 1 aromatic rings. The summed E-state index contributed by atoms with van der Waals surface area (Å²) in [5, 5.41) is 14.6. The van der Waals surface area contributed by atoms with Gasteiger partial charge in [-0.05, 0) is 43.4 Å². The molecule has 0 bridgehead atoms. The van der Waals surface area contributed by atoms with Crippen LogP contribution >= 0.6 is 0 Å².